The van der Waals surface area contributed by atoms with E-state index in [0.29, 0.717) is 5.69 Å². The Balaban J connectivity index is 2.61. The van der Waals surface area contributed by atoms with Crippen LogP contribution in [0.4, 0.5) is 5.69 Å². The van der Waals surface area contributed by atoms with Crippen LogP contribution in [0.1, 0.15) is 37.2 Å². The fourth-order valence-corrected chi connectivity index (χ4v) is 2.07. The first-order valence-corrected chi connectivity index (χ1v) is 7.72. The van der Waals surface area contributed by atoms with E-state index in [2.05, 4.69) is 29.0 Å². The lowest BCUT2D eigenvalue weighted by molar-refractivity contribution is 0.0749. The summed E-state index contributed by atoms with van der Waals surface area (Å²) >= 11 is 0. The number of anilines is 1. The molecule has 0 aliphatic carbocycles. The van der Waals surface area contributed by atoms with Crippen molar-refractivity contribution in [3.63, 3.8) is 0 Å². The monoisotopic (exact) mass is 292 g/mol. The standard InChI is InChI=1S/C16H28N4O/c1-5-10-20(11-6-2)16(21)15-8-7-14(13-18-15)17-9-12-19(3)4/h7-8,13,17H,5-6,9-12H2,1-4H3. The predicted molar refractivity (Wildman–Crippen MR) is 87.8 cm³/mol. The zero-order valence-electron chi connectivity index (χ0n) is 13.7. The molecule has 0 saturated carbocycles. The molecule has 0 spiro atoms. The summed E-state index contributed by atoms with van der Waals surface area (Å²) in [5.74, 6) is 0.0264. The average Bonchev–Trinajstić information content (AvgIpc) is 2.47. The number of nitrogens with zero attached hydrogens (tertiary/aromatic N) is 3. The highest BCUT2D eigenvalue weighted by atomic mass is 16.2. The number of carbonyl (C=O) groups excluding carboxylic acids is 1. The lowest BCUT2D eigenvalue weighted by Crippen LogP contribution is -2.33. The first-order chi connectivity index (χ1) is 10.1. The number of hydrogen-bond acceptors (Lipinski definition) is 4. The number of aromatic nitrogens is 1. The van der Waals surface area contributed by atoms with Crippen molar-refractivity contribution in [2.75, 3.05) is 45.6 Å². The van der Waals surface area contributed by atoms with Crippen LogP contribution in [0.25, 0.3) is 0 Å². The Hall–Kier alpha value is -1.62. The largest absolute Gasteiger partial charge is 0.383 e. The van der Waals surface area contributed by atoms with E-state index in [-0.39, 0.29) is 5.91 Å². The van der Waals surface area contributed by atoms with Gasteiger partial charge < -0.3 is 15.1 Å². The summed E-state index contributed by atoms with van der Waals surface area (Å²) < 4.78 is 0. The van der Waals surface area contributed by atoms with Gasteiger partial charge in [-0.3, -0.25) is 4.79 Å². The van der Waals surface area contributed by atoms with Crippen molar-refractivity contribution >= 4 is 11.6 Å². The van der Waals surface area contributed by atoms with Gasteiger partial charge >= 0.3 is 0 Å². The van der Waals surface area contributed by atoms with Crippen LogP contribution in [-0.4, -0.2) is 61.0 Å². The fourth-order valence-electron chi connectivity index (χ4n) is 2.07. The summed E-state index contributed by atoms with van der Waals surface area (Å²) in [5, 5.41) is 3.29. The topological polar surface area (TPSA) is 48.5 Å². The Kier molecular flexibility index (Phi) is 7.75. The molecule has 1 aromatic rings. The molecule has 118 valence electrons. The van der Waals surface area contributed by atoms with Gasteiger partial charge in [-0.2, -0.15) is 0 Å². The van der Waals surface area contributed by atoms with Crippen molar-refractivity contribution in [1.82, 2.24) is 14.8 Å². The lowest BCUT2D eigenvalue weighted by atomic mass is 10.2. The summed E-state index contributed by atoms with van der Waals surface area (Å²) in [6, 6.07) is 3.73. The molecular formula is C16H28N4O. The van der Waals surface area contributed by atoms with Crippen LogP contribution >= 0.6 is 0 Å². The van der Waals surface area contributed by atoms with E-state index in [1.807, 2.05) is 25.1 Å². The Morgan fingerprint density at radius 2 is 1.81 bits per heavy atom. The predicted octanol–water partition coefficient (Wildman–Crippen LogP) is 2.32. The Morgan fingerprint density at radius 3 is 2.29 bits per heavy atom. The number of amides is 1. The molecule has 0 bridgehead atoms. The highest BCUT2D eigenvalue weighted by Crippen LogP contribution is 2.09. The Bertz CT molecular complexity index is 411. The minimum absolute atomic E-state index is 0.0264. The van der Waals surface area contributed by atoms with Crippen LogP contribution in [-0.2, 0) is 0 Å². The highest BCUT2D eigenvalue weighted by Gasteiger charge is 2.15. The zero-order valence-corrected chi connectivity index (χ0v) is 13.7. The van der Waals surface area contributed by atoms with Crippen LogP contribution < -0.4 is 5.32 Å². The minimum atomic E-state index is 0.0264. The molecule has 1 rings (SSSR count). The molecule has 0 aliphatic rings. The molecule has 5 nitrogen and oxygen atoms in total. The lowest BCUT2D eigenvalue weighted by Gasteiger charge is -2.21. The van der Waals surface area contributed by atoms with E-state index in [9.17, 15) is 4.79 Å². The van der Waals surface area contributed by atoms with E-state index < -0.39 is 0 Å². The van der Waals surface area contributed by atoms with Gasteiger partial charge in [0.2, 0.25) is 0 Å². The van der Waals surface area contributed by atoms with Crippen molar-refractivity contribution in [3.05, 3.63) is 24.0 Å². The smallest absolute Gasteiger partial charge is 0.272 e. The number of rotatable bonds is 9. The zero-order chi connectivity index (χ0) is 15.7. The van der Waals surface area contributed by atoms with Crippen LogP contribution in [0, 0.1) is 0 Å². The maximum atomic E-state index is 12.4. The molecule has 0 aliphatic heterocycles. The van der Waals surface area contributed by atoms with Gasteiger partial charge in [0.25, 0.3) is 5.91 Å². The molecule has 1 aromatic heterocycles. The van der Waals surface area contributed by atoms with Gasteiger partial charge in [0.05, 0.1) is 11.9 Å². The first kappa shape index (κ1) is 17.4. The van der Waals surface area contributed by atoms with E-state index in [0.717, 1.165) is 44.7 Å². The summed E-state index contributed by atoms with van der Waals surface area (Å²) in [7, 11) is 4.08. The van der Waals surface area contributed by atoms with Gasteiger partial charge in [0.15, 0.2) is 0 Å². The molecule has 1 N–H and O–H groups in total. The van der Waals surface area contributed by atoms with Gasteiger partial charge in [0.1, 0.15) is 5.69 Å². The van der Waals surface area contributed by atoms with Gasteiger partial charge in [0, 0.05) is 26.2 Å². The van der Waals surface area contributed by atoms with Gasteiger partial charge in [-0.1, -0.05) is 13.8 Å². The fraction of sp³-hybridized carbons (Fsp3) is 0.625. The summed E-state index contributed by atoms with van der Waals surface area (Å²) in [4.78, 5) is 20.7. The average molecular weight is 292 g/mol. The normalized spacial score (nSPS) is 10.7. The Morgan fingerprint density at radius 1 is 1.14 bits per heavy atom. The van der Waals surface area contributed by atoms with Gasteiger partial charge in [-0.05, 0) is 39.1 Å². The number of likely N-dealkylation sites (N-methyl/N-ethyl adjacent to an activating group) is 1. The second-order valence-corrected chi connectivity index (χ2v) is 5.45. The second-order valence-electron chi connectivity index (χ2n) is 5.45. The summed E-state index contributed by atoms with van der Waals surface area (Å²) in [6.07, 6.45) is 3.67. The maximum Gasteiger partial charge on any atom is 0.272 e. The molecule has 0 saturated heterocycles. The SMILES string of the molecule is CCCN(CCC)C(=O)c1ccc(NCCN(C)C)cn1. The number of nitrogens with one attached hydrogen (secondary N) is 1. The van der Waals surface area contributed by atoms with Crippen LogP contribution in [0.5, 0.6) is 0 Å². The summed E-state index contributed by atoms with van der Waals surface area (Å²) in [5.41, 5.74) is 1.47. The molecule has 5 heteroatoms. The second kappa shape index (κ2) is 9.34. The number of pyridine rings is 1. The number of carbonyl (C=O) groups is 1. The first-order valence-electron chi connectivity index (χ1n) is 7.72. The molecule has 0 atom stereocenters. The molecule has 1 heterocycles. The van der Waals surface area contributed by atoms with Crippen molar-refractivity contribution in [3.8, 4) is 0 Å². The van der Waals surface area contributed by atoms with E-state index in [4.69, 9.17) is 0 Å². The van der Waals surface area contributed by atoms with Crippen molar-refractivity contribution < 1.29 is 4.79 Å². The van der Waals surface area contributed by atoms with Crippen molar-refractivity contribution in [2.45, 2.75) is 26.7 Å². The van der Waals surface area contributed by atoms with Crippen LogP contribution in [0.2, 0.25) is 0 Å². The third-order valence-electron chi connectivity index (χ3n) is 3.15. The minimum Gasteiger partial charge on any atom is -0.383 e. The maximum absolute atomic E-state index is 12.4. The van der Waals surface area contributed by atoms with E-state index in [1.54, 1.807) is 12.3 Å². The molecule has 21 heavy (non-hydrogen) atoms. The summed E-state index contributed by atoms with van der Waals surface area (Å²) in [6.45, 7) is 7.57. The van der Waals surface area contributed by atoms with Crippen LogP contribution in [0.3, 0.4) is 0 Å². The molecule has 0 unspecified atom stereocenters. The number of hydrogen-bond donors (Lipinski definition) is 1. The molecule has 0 fully saturated rings. The van der Waals surface area contributed by atoms with Crippen molar-refractivity contribution in [1.29, 1.82) is 0 Å². The third-order valence-corrected chi connectivity index (χ3v) is 3.15. The van der Waals surface area contributed by atoms with Crippen LogP contribution in [0.15, 0.2) is 18.3 Å². The third kappa shape index (κ3) is 6.12. The molecule has 0 aromatic carbocycles. The van der Waals surface area contributed by atoms with E-state index in [1.165, 1.54) is 0 Å². The van der Waals surface area contributed by atoms with Gasteiger partial charge in [-0.15, -0.1) is 0 Å². The Labute approximate surface area is 128 Å². The van der Waals surface area contributed by atoms with E-state index >= 15 is 0 Å². The highest BCUT2D eigenvalue weighted by molar-refractivity contribution is 5.92. The molecule has 0 radical (unpaired) electrons. The van der Waals surface area contributed by atoms with Gasteiger partial charge in [-0.25, -0.2) is 4.98 Å². The molecular weight excluding hydrogens is 264 g/mol. The van der Waals surface area contributed by atoms with Crippen molar-refractivity contribution in [2.24, 2.45) is 0 Å². The molecule has 1 amide bonds. The quantitative estimate of drug-likeness (QED) is 0.759.